The fourth-order valence-corrected chi connectivity index (χ4v) is 3.45. The smallest absolute Gasteiger partial charge is 0.279 e. The lowest BCUT2D eigenvalue weighted by molar-refractivity contribution is -0.525. The number of aliphatic imine (C=N–C) groups is 1. The van der Waals surface area contributed by atoms with Gasteiger partial charge in [-0.2, -0.15) is 0 Å². The van der Waals surface area contributed by atoms with Crippen LogP contribution in [0.15, 0.2) is 58.7 Å². The van der Waals surface area contributed by atoms with Crippen LogP contribution >= 0.6 is 0 Å². The maximum atomic E-state index is 12.3. The van der Waals surface area contributed by atoms with E-state index in [1.54, 1.807) is 0 Å². The average molecular weight is 455 g/mol. The molecule has 0 bridgehead atoms. The van der Waals surface area contributed by atoms with Crippen LogP contribution in [-0.2, 0) is 11.4 Å². The van der Waals surface area contributed by atoms with Crippen LogP contribution in [0.1, 0.15) is 31.0 Å². The van der Waals surface area contributed by atoms with E-state index >= 15 is 0 Å². The lowest BCUT2D eigenvalue weighted by Crippen LogP contribution is -2.43. The summed E-state index contributed by atoms with van der Waals surface area (Å²) in [5.41, 5.74) is 2.80. The topological polar surface area (TPSA) is 158 Å². The molecule has 0 radical (unpaired) electrons. The van der Waals surface area contributed by atoms with Crippen molar-refractivity contribution >= 4 is 17.4 Å². The van der Waals surface area contributed by atoms with E-state index in [1.165, 1.54) is 33.1 Å². The molecule has 172 valence electrons. The third kappa shape index (κ3) is 5.23. The first kappa shape index (κ1) is 23.2. The quantitative estimate of drug-likeness (QED) is 0.451. The molecule has 3 rings (SSSR count). The van der Waals surface area contributed by atoms with E-state index in [4.69, 9.17) is 9.47 Å². The molecule has 1 atom stereocenters. The first-order chi connectivity index (χ1) is 15.7. The zero-order valence-corrected chi connectivity index (χ0v) is 18.0. The van der Waals surface area contributed by atoms with Crippen molar-refractivity contribution < 1.29 is 24.2 Å². The fourth-order valence-electron chi connectivity index (χ4n) is 3.45. The molecule has 2 aromatic carbocycles. The van der Waals surface area contributed by atoms with Crippen molar-refractivity contribution in [2.75, 3.05) is 7.11 Å². The van der Waals surface area contributed by atoms with Crippen LogP contribution in [0.2, 0.25) is 0 Å². The molecule has 0 fully saturated rings. The zero-order valence-electron chi connectivity index (χ0n) is 18.0. The molecule has 2 N–H and O–H groups in total. The van der Waals surface area contributed by atoms with E-state index in [-0.39, 0.29) is 46.6 Å². The SMILES string of the molecule is COc1cc([C@@H]2N=C(N[N+](=O)[O-])NC(C)=C2C(C)=O)c([N+](=O)[O-])cc1OCc1ccccc1. The van der Waals surface area contributed by atoms with Gasteiger partial charge in [-0.25, -0.2) is 15.1 Å². The number of hydrogen-bond donors (Lipinski definition) is 2. The minimum Gasteiger partial charge on any atom is -0.493 e. The van der Waals surface area contributed by atoms with Crippen molar-refractivity contribution in [3.05, 3.63) is 85.1 Å². The maximum Gasteiger partial charge on any atom is 0.279 e. The number of guanidine groups is 1. The number of benzene rings is 2. The number of nitro benzene ring substituents is 1. The molecule has 0 aliphatic carbocycles. The molecule has 33 heavy (non-hydrogen) atoms. The number of Topliss-reactive ketones (excluding diaryl/α,β-unsaturated/α-hetero) is 1. The minimum absolute atomic E-state index is 0.0256. The highest BCUT2D eigenvalue weighted by atomic mass is 16.7. The van der Waals surface area contributed by atoms with E-state index in [0.717, 1.165) is 5.56 Å². The third-order valence-corrected chi connectivity index (χ3v) is 4.86. The highest BCUT2D eigenvalue weighted by Crippen LogP contribution is 2.42. The van der Waals surface area contributed by atoms with Crippen LogP contribution in [0, 0.1) is 20.2 Å². The van der Waals surface area contributed by atoms with Gasteiger partial charge in [0, 0.05) is 11.3 Å². The average Bonchev–Trinajstić information content (AvgIpc) is 2.76. The van der Waals surface area contributed by atoms with Gasteiger partial charge >= 0.3 is 0 Å². The number of nitrogens with one attached hydrogen (secondary N) is 2. The predicted octanol–water partition coefficient (Wildman–Crippen LogP) is 2.83. The Morgan fingerprint density at radius 2 is 1.88 bits per heavy atom. The molecule has 0 amide bonds. The molecule has 2 aromatic rings. The van der Waals surface area contributed by atoms with Gasteiger partial charge in [0.25, 0.3) is 11.6 Å². The van der Waals surface area contributed by atoms with E-state index in [0.29, 0.717) is 0 Å². The van der Waals surface area contributed by atoms with Crippen LogP contribution in [-0.4, -0.2) is 28.8 Å². The molecular weight excluding hydrogens is 434 g/mol. The van der Waals surface area contributed by atoms with Crippen molar-refractivity contribution in [2.24, 2.45) is 4.99 Å². The number of hydrazine groups is 1. The molecule has 0 spiro atoms. The Labute approximate surface area is 188 Å². The van der Waals surface area contributed by atoms with Gasteiger partial charge in [-0.3, -0.25) is 14.9 Å². The summed E-state index contributed by atoms with van der Waals surface area (Å²) in [5.74, 6) is -0.343. The van der Waals surface area contributed by atoms with Crippen LogP contribution in [0.4, 0.5) is 5.69 Å². The van der Waals surface area contributed by atoms with E-state index in [2.05, 4.69) is 10.3 Å². The number of allylic oxidation sites excluding steroid dienone is 1. The van der Waals surface area contributed by atoms with Gasteiger partial charge in [-0.1, -0.05) is 35.8 Å². The van der Waals surface area contributed by atoms with E-state index in [9.17, 15) is 25.0 Å². The van der Waals surface area contributed by atoms with Crippen LogP contribution in [0.3, 0.4) is 0 Å². The Bertz CT molecular complexity index is 1160. The molecule has 1 heterocycles. The Hall–Kier alpha value is -4.48. The normalized spacial score (nSPS) is 15.2. The van der Waals surface area contributed by atoms with Crippen LogP contribution < -0.4 is 20.2 Å². The van der Waals surface area contributed by atoms with Crippen LogP contribution in [0.25, 0.3) is 0 Å². The summed E-state index contributed by atoms with van der Waals surface area (Å²) in [5, 5.41) is 24.6. The molecule has 1 aliphatic rings. The monoisotopic (exact) mass is 455 g/mol. The number of ketones is 1. The van der Waals surface area contributed by atoms with Gasteiger partial charge in [0.05, 0.1) is 23.7 Å². The number of rotatable bonds is 8. The summed E-state index contributed by atoms with van der Waals surface area (Å²) < 4.78 is 11.1. The van der Waals surface area contributed by atoms with E-state index in [1.807, 2.05) is 35.8 Å². The van der Waals surface area contributed by atoms with Crippen molar-refractivity contribution in [3.63, 3.8) is 0 Å². The first-order valence-electron chi connectivity index (χ1n) is 9.71. The Kier molecular flexibility index (Phi) is 6.86. The summed E-state index contributed by atoms with van der Waals surface area (Å²) in [4.78, 5) is 38.7. The molecule has 0 aromatic heterocycles. The predicted molar refractivity (Wildman–Crippen MR) is 117 cm³/mol. The van der Waals surface area contributed by atoms with Crippen molar-refractivity contribution in [1.29, 1.82) is 0 Å². The standard InChI is InChI=1S/C21H21N5O7/c1-12-19(13(2)27)20(23-21(22-12)24-26(30)31)15-9-17(32-3)18(10-16(15)25(28)29)33-11-14-7-5-4-6-8-14/h4-10,20H,11H2,1-3H3,(H2,22,23,24)/t20-/m0/s1. The summed E-state index contributed by atoms with van der Waals surface area (Å²) in [6.45, 7) is 2.96. The second-order valence-electron chi connectivity index (χ2n) is 7.06. The number of hydrogen-bond acceptors (Lipinski definition) is 9. The molecule has 1 aliphatic heterocycles. The molecule has 12 nitrogen and oxygen atoms in total. The van der Waals surface area contributed by atoms with Gasteiger partial charge < -0.3 is 14.8 Å². The molecule has 0 saturated heterocycles. The molecule has 0 unspecified atom stereocenters. The van der Waals surface area contributed by atoms with E-state index < -0.39 is 21.8 Å². The largest absolute Gasteiger partial charge is 0.493 e. The minimum atomic E-state index is -1.18. The van der Waals surface area contributed by atoms with Gasteiger partial charge in [-0.15, -0.1) is 0 Å². The molecule has 12 heteroatoms. The second-order valence-corrected chi connectivity index (χ2v) is 7.06. The Balaban J connectivity index is 2.10. The number of nitrogens with zero attached hydrogens (tertiary/aromatic N) is 3. The molecule has 0 saturated carbocycles. The van der Waals surface area contributed by atoms with Crippen LogP contribution in [0.5, 0.6) is 11.5 Å². The summed E-state index contributed by atoms with van der Waals surface area (Å²) >= 11 is 0. The van der Waals surface area contributed by atoms with Crippen molar-refractivity contribution in [1.82, 2.24) is 10.7 Å². The summed E-state index contributed by atoms with van der Waals surface area (Å²) in [7, 11) is 1.37. The number of carbonyl (C=O) groups excluding carboxylic acids is 1. The lowest BCUT2D eigenvalue weighted by Gasteiger charge is -2.25. The van der Waals surface area contributed by atoms with Gasteiger partial charge in [0.1, 0.15) is 12.6 Å². The fraction of sp³-hybridized carbons (Fsp3) is 0.238. The van der Waals surface area contributed by atoms with Crippen molar-refractivity contribution in [2.45, 2.75) is 26.5 Å². The first-order valence-corrected chi connectivity index (χ1v) is 9.71. The lowest BCUT2D eigenvalue weighted by atomic mass is 9.92. The number of methoxy groups -OCH3 is 1. The Morgan fingerprint density at radius 3 is 2.45 bits per heavy atom. The number of ether oxygens (including phenoxy) is 2. The second kappa shape index (κ2) is 9.77. The summed E-state index contributed by atoms with van der Waals surface area (Å²) in [6.07, 6.45) is 0. The highest BCUT2D eigenvalue weighted by Gasteiger charge is 2.34. The number of carbonyl (C=O) groups is 1. The van der Waals surface area contributed by atoms with Gasteiger partial charge in [0.15, 0.2) is 22.3 Å². The third-order valence-electron chi connectivity index (χ3n) is 4.86. The highest BCUT2D eigenvalue weighted by molar-refractivity contribution is 5.98. The maximum absolute atomic E-state index is 12.3. The zero-order chi connectivity index (χ0) is 24.1. The Morgan fingerprint density at radius 1 is 1.18 bits per heavy atom. The molecular formula is C21H21N5O7. The van der Waals surface area contributed by atoms with Gasteiger partial charge in [0.2, 0.25) is 0 Å². The van der Waals surface area contributed by atoms with Gasteiger partial charge in [-0.05, 0) is 25.5 Å². The number of nitro groups is 2. The summed E-state index contributed by atoms with van der Waals surface area (Å²) in [6, 6.07) is 10.6. The van der Waals surface area contributed by atoms with Crippen molar-refractivity contribution in [3.8, 4) is 11.5 Å².